The second kappa shape index (κ2) is 5.30. The molecule has 0 unspecified atom stereocenters. The van der Waals surface area contributed by atoms with Gasteiger partial charge in [-0.05, 0) is 30.5 Å². The summed E-state index contributed by atoms with van der Waals surface area (Å²) in [5, 5.41) is 2.86. The summed E-state index contributed by atoms with van der Waals surface area (Å²) in [5.74, 6) is 0.000963. The molecule has 102 valence electrons. The van der Waals surface area contributed by atoms with Gasteiger partial charge >= 0.3 is 5.76 Å². The number of aryl methyl sites for hydroxylation is 1. The highest BCUT2D eigenvalue weighted by Gasteiger charge is 2.10. The third-order valence-electron chi connectivity index (χ3n) is 3.06. The van der Waals surface area contributed by atoms with Crippen molar-refractivity contribution >= 4 is 17.0 Å². The van der Waals surface area contributed by atoms with Crippen LogP contribution in [-0.4, -0.2) is 17.0 Å². The molecule has 0 aliphatic heterocycles. The van der Waals surface area contributed by atoms with Crippen molar-refractivity contribution in [2.75, 3.05) is 6.54 Å². The van der Waals surface area contributed by atoms with Gasteiger partial charge in [0.05, 0.1) is 5.52 Å². The molecule has 0 spiro atoms. The van der Waals surface area contributed by atoms with E-state index in [1.165, 1.54) is 4.57 Å². The Morgan fingerprint density at radius 2 is 2.16 bits per heavy atom. The molecule has 0 atom stereocenters. The molecule has 0 fully saturated rings. The second-order valence-corrected chi connectivity index (χ2v) is 5.05. The first-order valence-electron chi connectivity index (χ1n) is 6.37. The van der Waals surface area contributed by atoms with Gasteiger partial charge in [-0.25, -0.2) is 4.79 Å². The van der Waals surface area contributed by atoms with Gasteiger partial charge in [0.2, 0.25) is 0 Å². The van der Waals surface area contributed by atoms with Gasteiger partial charge < -0.3 is 9.73 Å². The van der Waals surface area contributed by atoms with E-state index in [9.17, 15) is 9.59 Å². The minimum Gasteiger partial charge on any atom is -0.408 e. The van der Waals surface area contributed by atoms with Crippen LogP contribution in [0.5, 0.6) is 0 Å². The van der Waals surface area contributed by atoms with E-state index in [0.717, 1.165) is 6.42 Å². The molecular weight excluding hydrogens is 244 g/mol. The molecule has 2 aromatic rings. The standard InChI is InChI=1S/C14H18N2O3/c1-9(2)6-7-15-13(17)10-4-5-12-11(8-10)16(3)14(18)19-12/h4-5,8-9H,6-7H2,1-3H3,(H,15,17). The summed E-state index contributed by atoms with van der Waals surface area (Å²) in [6.45, 7) is 4.87. The molecule has 0 saturated carbocycles. The molecule has 1 aromatic heterocycles. The van der Waals surface area contributed by atoms with Crippen LogP contribution in [0.25, 0.3) is 11.1 Å². The van der Waals surface area contributed by atoms with Crippen molar-refractivity contribution in [1.82, 2.24) is 9.88 Å². The molecule has 2 rings (SSSR count). The van der Waals surface area contributed by atoms with E-state index < -0.39 is 5.76 Å². The van der Waals surface area contributed by atoms with E-state index in [1.807, 2.05) is 0 Å². The highest BCUT2D eigenvalue weighted by atomic mass is 16.4. The molecule has 1 N–H and O–H groups in total. The summed E-state index contributed by atoms with van der Waals surface area (Å²) in [5.41, 5.74) is 1.65. The van der Waals surface area contributed by atoms with Crippen LogP contribution in [-0.2, 0) is 7.05 Å². The third kappa shape index (κ3) is 2.86. The lowest BCUT2D eigenvalue weighted by Gasteiger charge is -2.07. The van der Waals surface area contributed by atoms with E-state index in [0.29, 0.717) is 29.1 Å². The largest absolute Gasteiger partial charge is 0.419 e. The van der Waals surface area contributed by atoms with E-state index in [1.54, 1.807) is 25.2 Å². The Balaban J connectivity index is 2.18. The number of hydrogen-bond donors (Lipinski definition) is 1. The third-order valence-corrected chi connectivity index (χ3v) is 3.06. The Morgan fingerprint density at radius 3 is 2.84 bits per heavy atom. The highest BCUT2D eigenvalue weighted by molar-refractivity contribution is 5.97. The van der Waals surface area contributed by atoms with Gasteiger partial charge in [0, 0.05) is 19.2 Å². The first-order valence-corrected chi connectivity index (χ1v) is 6.37. The van der Waals surface area contributed by atoms with E-state index in [4.69, 9.17) is 4.42 Å². The normalized spacial score (nSPS) is 11.2. The zero-order valence-electron chi connectivity index (χ0n) is 11.4. The van der Waals surface area contributed by atoms with E-state index in [-0.39, 0.29) is 5.91 Å². The molecule has 0 saturated heterocycles. The number of oxazole rings is 1. The van der Waals surface area contributed by atoms with Crippen LogP contribution in [0, 0.1) is 5.92 Å². The summed E-state index contributed by atoms with van der Waals surface area (Å²) in [6, 6.07) is 4.98. The Bertz CT molecular complexity index is 652. The van der Waals surface area contributed by atoms with Crippen LogP contribution in [0.2, 0.25) is 0 Å². The van der Waals surface area contributed by atoms with Crippen molar-refractivity contribution in [1.29, 1.82) is 0 Å². The van der Waals surface area contributed by atoms with Gasteiger partial charge in [-0.15, -0.1) is 0 Å². The van der Waals surface area contributed by atoms with Crippen molar-refractivity contribution in [2.45, 2.75) is 20.3 Å². The molecule has 0 radical (unpaired) electrons. The number of benzene rings is 1. The van der Waals surface area contributed by atoms with Crippen molar-refractivity contribution < 1.29 is 9.21 Å². The Kier molecular flexibility index (Phi) is 3.74. The first-order chi connectivity index (χ1) is 8.99. The minimum absolute atomic E-state index is 0.129. The first kappa shape index (κ1) is 13.4. The van der Waals surface area contributed by atoms with Crippen LogP contribution in [0.4, 0.5) is 0 Å². The summed E-state index contributed by atoms with van der Waals surface area (Å²) >= 11 is 0. The maximum atomic E-state index is 12.0. The summed E-state index contributed by atoms with van der Waals surface area (Å²) < 4.78 is 6.41. The van der Waals surface area contributed by atoms with Gasteiger partial charge in [0.1, 0.15) is 0 Å². The van der Waals surface area contributed by atoms with Crippen molar-refractivity contribution in [3.8, 4) is 0 Å². The number of hydrogen-bond acceptors (Lipinski definition) is 3. The molecular formula is C14H18N2O3. The molecule has 1 aromatic carbocycles. The van der Waals surface area contributed by atoms with Gasteiger partial charge in [-0.1, -0.05) is 13.8 Å². The lowest BCUT2D eigenvalue weighted by Crippen LogP contribution is -2.25. The van der Waals surface area contributed by atoms with Gasteiger partial charge in [0.25, 0.3) is 5.91 Å². The fourth-order valence-corrected chi connectivity index (χ4v) is 1.84. The highest BCUT2D eigenvalue weighted by Crippen LogP contribution is 2.14. The number of nitrogens with one attached hydrogen (secondary N) is 1. The molecule has 0 bridgehead atoms. The van der Waals surface area contributed by atoms with Gasteiger partial charge in [-0.3, -0.25) is 9.36 Å². The maximum absolute atomic E-state index is 12.0. The van der Waals surface area contributed by atoms with Crippen LogP contribution in [0.3, 0.4) is 0 Å². The predicted octanol–water partition coefficient (Wildman–Crippen LogP) is 1.91. The fraction of sp³-hybridized carbons (Fsp3) is 0.429. The number of rotatable bonds is 4. The lowest BCUT2D eigenvalue weighted by atomic mass is 10.1. The Labute approximate surface area is 111 Å². The van der Waals surface area contributed by atoms with Crippen LogP contribution >= 0.6 is 0 Å². The van der Waals surface area contributed by atoms with Gasteiger partial charge in [-0.2, -0.15) is 0 Å². The molecule has 0 aliphatic rings. The fourth-order valence-electron chi connectivity index (χ4n) is 1.84. The number of nitrogens with zero attached hydrogens (tertiary/aromatic N) is 1. The van der Waals surface area contributed by atoms with Gasteiger partial charge in [0.15, 0.2) is 5.58 Å². The van der Waals surface area contributed by atoms with Crippen LogP contribution < -0.4 is 11.1 Å². The predicted molar refractivity (Wildman–Crippen MR) is 73.2 cm³/mol. The summed E-state index contributed by atoms with van der Waals surface area (Å²) in [6.07, 6.45) is 0.943. The Morgan fingerprint density at radius 1 is 1.42 bits per heavy atom. The minimum atomic E-state index is -0.424. The lowest BCUT2D eigenvalue weighted by molar-refractivity contribution is 0.0952. The average molecular weight is 262 g/mol. The van der Waals surface area contributed by atoms with Crippen molar-refractivity contribution in [3.05, 3.63) is 34.3 Å². The topological polar surface area (TPSA) is 64.2 Å². The van der Waals surface area contributed by atoms with E-state index in [2.05, 4.69) is 19.2 Å². The average Bonchev–Trinajstić information content (AvgIpc) is 2.64. The molecule has 5 heteroatoms. The van der Waals surface area contributed by atoms with E-state index >= 15 is 0 Å². The quantitative estimate of drug-likeness (QED) is 0.915. The maximum Gasteiger partial charge on any atom is 0.419 e. The SMILES string of the molecule is CC(C)CCNC(=O)c1ccc2oc(=O)n(C)c2c1. The molecule has 1 amide bonds. The van der Waals surface area contributed by atoms with Crippen molar-refractivity contribution in [3.63, 3.8) is 0 Å². The molecule has 0 aliphatic carbocycles. The monoisotopic (exact) mass is 262 g/mol. The number of amides is 1. The zero-order valence-corrected chi connectivity index (χ0v) is 11.4. The molecule has 1 heterocycles. The number of carbonyl (C=O) groups excluding carboxylic acids is 1. The molecule has 19 heavy (non-hydrogen) atoms. The summed E-state index contributed by atoms with van der Waals surface area (Å²) in [4.78, 5) is 23.3. The second-order valence-electron chi connectivity index (χ2n) is 5.05. The van der Waals surface area contributed by atoms with Crippen LogP contribution in [0.15, 0.2) is 27.4 Å². The number of carbonyl (C=O) groups is 1. The van der Waals surface area contributed by atoms with Crippen LogP contribution in [0.1, 0.15) is 30.6 Å². The number of aromatic nitrogens is 1. The van der Waals surface area contributed by atoms with Crippen molar-refractivity contribution in [2.24, 2.45) is 13.0 Å². The summed E-state index contributed by atoms with van der Waals surface area (Å²) in [7, 11) is 1.62. The Hall–Kier alpha value is -2.04. The zero-order chi connectivity index (χ0) is 14.0. The molecule has 5 nitrogen and oxygen atoms in total. The smallest absolute Gasteiger partial charge is 0.408 e. The number of fused-ring (bicyclic) bond motifs is 1.